The monoisotopic (exact) mass is 988 g/mol. The molecule has 0 aliphatic carbocycles. The molecule has 0 aromatic heterocycles. The molecule has 2 amide bonds. The number of amides is 2. The molecule has 0 unspecified atom stereocenters. The fourth-order valence-corrected chi connectivity index (χ4v) is 6.34. The van der Waals surface area contributed by atoms with Crippen LogP contribution in [-0.2, 0) is 46.6 Å². The first-order chi connectivity index (χ1) is 29.7. The maximum absolute atomic E-state index is 12.6. The van der Waals surface area contributed by atoms with Crippen molar-refractivity contribution in [3.8, 4) is 23.0 Å². The number of hydrogen-bond acceptors (Lipinski definition) is 22. The van der Waals surface area contributed by atoms with E-state index in [2.05, 4.69) is 31.1 Å². The summed E-state index contributed by atoms with van der Waals surface area (Å²) in [6.45, 7) is 4.62. The Kier molecular flexibility index (Phi) is 18.3. The molecule has 26 nitrogen and oxygen atoms in total. The minimum Gasteiger partial charge on any atom is -0.874 e. The number of carbonyl (C=O) groups excluding carboxylic acids is 2. The maximum atomic E-state index is 12.6. The number of aryl methyl sites for hydroxylation is 2. The van der Waals surface area contributed by atoms with E-state index in [-0.39, 0.29) is 55.1 Å². The first-order valence-corrected chi connectivity index (χ1v) is 19.9. The van der Waals surface area contributed by atoms with Gasteiger partial charge >= 0.3 is 21.1 Å². The zero-order valence-electron chi connectivity index (χ0n) is 37.0. The van der Waals surface area contributed by atoms with E-state index >= 15 is 0 Å². The summed E-state index contributed by atoms with van der Waals surface area (Å²) < 4.78 is 77.9. The average molecular weight is 989 g/mol. The molecule has 0 aliphatic heterocycles. The Morgan fingerprint density at radius 1 is 0.631 bits per heavy atom. The van der Waals surface area contributed by atoms with Crippen LogP contribution in [0.5, 0.6) is 23.0 Å². The molecule has 0 heterocycles. The molecule has 0 atom stereocenters. The van der Waals surface area contributed by atoms with Crippen LogP contribution in [0.1, 0.15) is 29.3 Å². The van der Waals surface area contributed by atoms with Gasteiger partial charge in [0.05, 0.1) is 56.6 Å². The molecule has 4 aromatic rings. The normalized spacial score (nSPS) is 12.2. The van der Waals surface area contributed by atoms with E-state index in [1.54, 1.807) is 0 Å². The predicted octanol–water partition coefficient (Wildman–Crippen LogP) is 2.74. The third kappa shape index (κ3) is 14.2. The third-order valence-corrected chi connectivity index (χ3v) is 9.91. The number of ether oxygens (including phenoxy) is 2. The molecule has 346 valence electrons. The van der Waals surface area contributed by atoms with E-state index in [1.807, 2.05) is 0 Å². The summed E-state index contributed by atoms with van der Waals surface area (Å²) in [6, 6.07) is 9.47. The second-order valence-electron chi connectivity index (χ2n) is 12.5. The third-order valence-electron chi connectivity index (χ3n) is 7.95. The van der Waals surface area contributed by atoms with Crippen LogP contribution < -0.4 is 40.5 Å². The van der Waals surface area contributed by atoms with E-state index in [0.29, 0.717) is 0 Å². The fraction of sp³-hybridized carbons (Fsp3) is 0.167. The van der Waals surface area contributed by atoms with E-state index in [0.717, 1.165) is 88.7 Å². The molecule has 0 aliphatic rings. The molecule has 0 saturated heterocycles. The Morgan fingerprint density at radius 3 is 1.22 bits per heavy atom. The Hall–Kier alpha value is -7.57. The van der Waals surface area contributed by atoms with Gasteiger partial charge in [0.25, 0.3) is 23.2 Å². The number of non-ortho nitro benzene ring substituents is 2. The summed E-state index contributed by atoms with van der Waals surface area (Å²) in [7, 11) is -7.29. The topological polar surface area (TPSA) is 419 Å². The number of allylic oxidation sites excluding steroid dienone is 2. The van der Waals surface area contributed by atoms with E-state index in [1.165, 1.54) is 13.8 Å². The first-order valence-electron chi connectivity index (χ1n) is 17.1. The Bertz CT molecular complexity index is 2720. The Balaban J connectivity index is 0. The van der Waals surface area contributed by atoms with Crippen LogP contribution in [0.2, 0.25) is 0 Å². The molecule has 65 heavy (non-hydrogen) atoms. The van der Waals surface area contributed by atoms with Crippen LogP contribution in [0.25, 0.3) is 0 Å². The Morgan fingerprint density at radius 2 is 0.954 bits per heavy atom. The molecule has 0 fully saturated rings. The van der Waals surface area contributed by atoms with Gasteiger partial charge in [-0.3, -0.25) is 29.8 Å². The van der Waals surface area contributed by atoms with Crippen molar-refractivity contribution in [2.75, 3.05) is 24.9 Å². The molecule has 0 spiro atoms. The van der Waals surface area contributed by atoms with E-state index in [9.17, 15) is 76.2 Å². The fourth-order valence-electron chi connectivity index (χ4n) is 4.93. The minimum atomic E-state index is -4.81. The molecule has 29 heteroatoms. The number of rotatable bonds is 14. The van der Waals surface area contributed by atoms with E-state index < -0.39 is 109 Å². The molecule has 4 rings (SSSR count). The van der Waals surface area contributed by atoms with Gasteiger partial charge in [-0.2, -0.15) is 10.2 Å². The summed E-state index contributed by atoms with van der Waals surface area (Å²) in [5.41, 5.74) is -3.46. The van der Waals surface area contributed by atoms with Gasteiger partial charge in [0, 0.05) is 36.4 Å². The zero-order valence-corrected chi connectivity index (χ0v) is 36.6. The van der Waals surface area contributed by atoms with Crippen molar-refractivity contribution in [3.63, 3.8) is 0 Å². The summed E-state index contributed by atoms with van der Waals surface area (Å²) in [6.07, 6.45) is 0. The second kappa shape index (κ2) is 22.2. The number of nitrogens with zero attached hydrogens (tertiary/aromatic N) is 6. The average Bonchev–Trinajstić information content (AvgIpc) is 3.18. The Labute approximate surface area is 382 Å². The number of nitro benzene ring substituents is 2. The van der Waals surface area contributed by atoms with Crippen LogP contribution in [0.4, 0.5) is 34.1 Å². The number of azo groups is 2. The second-order valence-corrected chi connectivity index (χ2v) is 15.2. The van der Waals surface area contributed by atoms with Crippen LogP contribution >= 0.6 is 0 Å². The van der Waals surface area contributed by atoms with Gasteiger partial charge in [-0.15, -0.1) is 21.7 Å². The molecule has 0 radical (unpaired) electrons. The van der Waals surface area contributed by atoms with Crippen molar-refractivity contribution in [2.45, 2.75) is 37.5 Å². The quantitative estimate of drug-likeness (QED) is 0.0458. The minimum absolute atomic E-state index is 0. The number of nitrogens with one attached hydrogen (secondary N) is 2. The largest absolute Gasteiger partial charge is 3.00 e. The molecule has 4 aromatic carbocycles. The molecule has 0 saturated carbocycles. The van der Waals surface area contributed by atoms with Gasteiger partial charge in [-0.05, 0) is 37.1 Å². The van der Waals surface area contributed by atoms with Crippen LogP contribution in [0.15, 0.2) is 114 Å². The maximum Gasteiger partial charge on any atom is 3.00 e. The first kappa shape index (κ1) is 53.6. The summed E-state index contributed by atoms with van der Waals surface area (Å²) >= 11 is 0. The van der Waals surface area contributed by atoms with Gasteiger partial charge in [0.2, 0.25) is 0 Å². The molecule has 2 N–H and O–H groups in total. The number of anilines is 2. The van der Waals surface area contributed by atoms with Crippen molar-refractivity contribution < 1.29 is 96.3 Å². The number of benzene rings is 4. The molecule has 0 bridgehead atoms. The smallest absolute Gasteiger partial charge is 0.874 e. The zero-order chi connectivity index (χ0) is 48.4. The van der Waals surface area contributed by atoms with Crippen LogP contribution in [0.3, 0.4) is 0 Å². The van der Waals surface area contributed by atoms with Crippen LogP contribution in [-0.4, -0.2) is 61.8 Å². The molecular formula is C36H33CoN8O18S2. The number of methoxy groups -OCH3 is 2. The van der Waals surface area contributed by atoms with Crippen LogP contribution in [0, 0.1) is 34.1 Å². The summed E-state index contributed by atoms with van der Waals surface area (Å²) in [4.78, 5) is 44.1. The van der Waals surface area contributed by atoms with Crippen molar-refractivity contribution in [1.29, 1.82) is 0 Å². The molecular weight excluding hydrogens is 956 g/mol. The predicted molar refractivity (Wildman–Crippen MR) is 212 cm³/mol. The van der Waals surface area contributed by atoms with Crippen molar-refractivity contribution in [3.05, 3.63) is 115 Å². The SMILES string of the molecule is COc1cc(S(=O)(=O)[O-])c(C)cc1NC(=O)/C(N=Nc1cc([N+](=O)[O-])ccc1[O-])=C(\C)[O-].COc1cc(S(=O)(=O)[O-])c(C)cc1NC(=O)/C(N=Nc1cc([N+](=O)[O-])ccc1[O-])=C(\C)[O-].[Co+3].[H+].[H+].[H+]. The number of carbonyl (C=O) groups is 2. The van der Waals surface area contributed by atoms with E-state index in [4.69, 9.17) is 9.47 Å². The van der Waals surface area contributed by atoms with Gasteiger partial charge < -0.3 is 49.6 Å². The van der Waals surface area contributed by atoms with Gasteiger partial charge in [0.15, 0.2) is 0 Å². The van der Waals surface area contributed by atoms with Gasteiger partial charge in [-0.1, -0.05) is 37.5 Å². The van der Waals surface area contributed by atoms with Crippen molar-refractivity contribution in [2.24, 2.45) is 20.5 Å². The van der Waals surface area contributed by atoms with Gasteiger partial charge in [0.1, 0.15) is 43.1 Å². The standard InChI is InChI=1S/2C18H18N4O9S.Co/c2*1-9-6-13(15(31-3)8-16(9)32(28,29)30)19-18(25)17(10(2)23)21-20-12-7-11(22(26)27)4-5-14(12)24;/h2*4-8,23-24H,1-3H3,(H,19,25)(H,28,29,30);/q;;+3/p-3/b2*17-10-,21-20?;. The summed E-state index contributed by atoms with van der Waals surface area (Å²) in [5.74, 6) is -5.69. The number of nitro groups is 2. The summed E-state index contributed by atoms with van der Waals surface area (Å²) in [5, 5.41) is 87.5. The van der Waals surface area contributed by atoms with Crippen molar-refractivity contribution in [1.82, 2.24) is 0 Å². The number of hydrogen-bond donors (Lipinski definition) is 2. The van der Waals surface area contributed by atoms with Gasteiger partial charge in [-0.25, -0.2) is 16.8 Å². The van der Waals surface area contributed by atoms with Crippen molar-refractivity contribution >= 4 is 66.2 Å².